The lowest BCUT2D eigenvalue weighted by Crippen LogP contribution is -2.44. The minimum absolute atomic E-state index is 0.0289. The smallest absolute Gasteiger partial charge is 0.263 e. The molecule has 0 bridgehead atoms. The minimum atomic E-state index is -3.11. The Morgan fingerprint density at radius 2 is 2.00 bits per heavy atom. The molecule has 0 amide bonds. The maximum Gasteiger partial charge on any atom is 0.263 e. The average molecular weight is 318 g/mol. The molecule has 1 saturated heterocycles. The Morgan fingerprint density at radius 3 is 2.57 bits per heavy atom. The van der Waals surface area contributed by atoms with Crippen molar-refractivity contribution < 1.29 is 17.2 Å². The molecule has 0 aliphatic carbocycles. The second-order valence-electron chi connectivity index (χ2n) is 5.36. The number of hydrogen-bond donors (Lipinski definition) is 1. The van der Waals surface area contributed by atoms with Crippen LogP contribution in [0.15, 0.2) is 24.3 Å². The fourth-order valence-electron chi connectivity index (χ4n) is 2.49. The molecule has 0 unspecified atom stereocenters. The molecule has 1 aromatic carbocycles. The molecule has 0 radical (unpaired) electrons. The maximum absolute atomic E-state index is 12.6. The van der Waals surface area contributed by atoms with Gasteiger partial charge in [0.15, 0.2) is 0 Å². The zero-order valence-corrected chi connectivity index (χ0v) is 12.7. The zero-order chi connectivity index (χ0) is 15.5. The first-order chi connectivity index (χ1) is 9.86. The van der Waals surface area contributed by atoms with E-state index in [1.165, 1.54) is 22.7 Å². The van der Waals surface area contributed by atoms with Gasteiger partial charge < -0.3 is 5.32 Å². The van der Waals surface area contributed by atoms with Gasteiger partial charge in [0.05, 0.1) is 6.26 Å². The van der Waals surface area contributed by atoms with Crippen molar-refractivity contribution >= 4 is 10.0 Å². The van der Waals surface area contributed by atoms with Gasteiger partial charge in [-0.2, -0.15) is 0 Å². The standard InChI is InChI=1S/C14H20F2N2O2S/c1-21(19,20)18-7-5-13(6-8-18)17-10-11-3-2-4-12(9-11)14(15)16/h2-4,9,13-14,17H,5-8,10H2,1H3. The number of sulfonamides is 1. The summed E-state index contributed by atoms with van der Waals surface area (Å²) in [6.45, 7) is 1.53. The molecule has 0 saturated carbocycles. The number of nitrogens with zero attached hydrogens (tertiary/aromatic N) is 1. The molecular formula is C14H20F2N2O2S. The fourth-order valence-corrected chi connectivity index (χ4v) is 3.37. The quantitative estimate of drug-likeness (QED) is 0.905. The summed E-state index contributed by atoms with van der Waals surface area (Å²) >= 11 is 0. The summed E-state index contributed by atoms with van der Waals surface area (Å²) in [7, 11) is -3.11. The highest BCUT2D eigenvalue weighted by atomic mass is 32.2. The summed E-state index contributed by atoms with van der Waals surface area (Å²) in [5, 5.41) is 3.31. The number of benzene rings is 1. The molecule has 1 aliphatic rings. The number of alkyl halides is 2. The van der Waals surface area contributed by atoms with E-state index in [0.717, 1.165) is 18.4 Å². The normalized spacial score (nSPS) is 18.3. The molecule has 118 valence electrons. The average Bonchev–Trinajstić information content (AvgIpc) is 2.45. The van der Waals surface area contributed by atoms with Crippen molar-refractivity contribution in [3.8, 4) is 0 Å². The summed E-state index contributed by atoms with van der Waals surface area (Å²) in [5.41, 5.74) is 0.847. The van der Waals surface area contributed by atoms with E-state index in [-0.39, 0.29) is 11.6 Å². The maximum atomic E-state index is 12.6. The van der Waals surface area contributed by atoms with Gasteiger partial charge in [0.25, 0.3) is 6.43 Å². The van der Waals surface area contributed by atoms with Crippen molar-refractivity contribution in [2.24, 2.45) is 0 Å². The molecule has 1 heterocycles. The van der Waals surface area contributed by atoms with Crippen LogP contribution in [0.2, 0.25) is 0 Å². The highest BCUT2D eigenvalue weighted by Crippen LogP contribution is 2.20. The van der Waals surface area contributed by atoms with Crippen LogP contribution in [0.1, 0.15) is 30.4 Å². The van der Waals surface area contributed by atoms with Gasteiger partial charge in [-0.1, -0.05) is 18.2 Å². The van der Waals surface area contributed by atoms with E-state index in [4.69, 9.17) is 0 Å². The van der Waals surface area contributed by atoms with Crippen LogP contribution in [-0.4, -0.2) is 38.1 Å². The monoisotopic (exact) mass is 318 g/mol. The summed E-state index contributed by atoms with van der Waals surface area (Å²) in [4.78, 5) is 0. The molecule has 21 heavy (non-hydrogen) atoms. The first-order valence-electron chi connectivity index (χ1n) is 6.92. The van der Waals surface area contributed by atoms with E-state index in [2.05, 4.69) is 5.32 Å². The first kappa shape index (κ1) is 16.3. The number of hydrogen-bond acceptors (Lipinski definition) is 3. The van der Waals surface area contributed by atoms with Crippen molar-refractivity contribution in [3.05, 3.63) is 35.4 Å². The SMILES string of the molecule is CS(=O)(=O)N1CCC(NCc2cccc(C(F)F)c2)CC1. The second-order valence-corrected chi connectivity index (χ2v) is 7.35. The number of piperidine rings is 1. The van der Waals surface area contributed by atoms with Crippen molar-refractivity contribution in [3.63, 3.8) is 0 Å². The lowest BCUT2D eigenvalue weighted by Gasteiger charge is -2.30. The fraction of sp³-hybridized carbons (Fsp3) is 0.571. The van der Waals surface area contributed by atoms with Gasteiger partial charge in [-0.05, 0) is 24.5 Å². The van der Waals surface area contributed by atoms with E-state index in [1.54, 1.807) is 6.07 Å². The molecule has 4 nitrogen and oxygen atoms in total. The third-order valence-electron chi connectivity index (χ3n) is 3.72. The first-order valence-corrected chi connectivity index (χ1v) is 8.76. The molecular weight excluding hydrogens is 298 g/mol. The van der Waals surface area contributed by atoms with E-state index in [0.29, 0.717) is 19.6 Å². The van der Waals surface area contributed by atoms with E-state index in [1.807, 2.05) is 6.07 Å². The van der Waals surface area contributed by atoms with Crippen LogP contribution in [0.25, 0.3) is 0 Å². The van der Waals surface area contributed by atoms with Crippen LogP contribution >= 0.6 is 0 Å². The van der Waals surface area contributed by atoms with Crippen molar-refractivity contribution in [1.29, 1.82) is 0 Å². The summed E-state index contributed by atoms with van der Waals surface area (Å²) in [5.74, 6) is 0. The van der Waals surface area contributed by atoms with Gasteiger partial charge in [0, 0.05) is 31.2 Å². The van der Waals surface area contributed by atoms with E-state index >= 15 is 0 Å². The Bertz CT molecular complexity index is 570. The Balaban J connectivity index is 1.84. The van der Waals surface area contributed by atoms with Crippen LogP contribution < -0.4 is 5.32 Å². The Kier molecular flexibility index (Phi) is 5.29. The molecule has 0 aromatic heterocycles. The molecule has 1 fully saturated rings. The zero-order valence-electron chi connectivity index (χ0n) is 11.9. The van der Waals surface area contributed by atoms with Crippen LogP contribution in [0.5, 0.6) is 0 Å². The molecule has 0 atom stereocenters. The molecule has 2 rings (SSSR count). The minimum Gasteiger partial charge on any atom is -0.310 e. The lowest BCUT2D eigenvalue weighted by atomic mass is 10.1. The van der Waals surface area contributed by atoms with Gasteiger partial charge in [-0.3, -0.25) is 0 Å². The van der Waals surface area contributed by atoms with Crippen molar-refractivity contribution in [1.82, 2.24) is 9.62 Å². The third-order valence-corrected chi connectivity index (χ3v) is 5.02. The predicted octanol–water partition coefficient (Wildman–Crippen LogP) is 2.14. The topological polar surface area (TPSA) is 49.4 Å². The molecule has 1 aromatic rings. The lowest BCUT2D eigenvalue weighted by molar-refractivity contribution is 0.151. The van der Waals surface area contributed by atoms with Gasteiger partial charge in [-0.25, -0.2) is 21.5 Å². The molecule has 7 heteroatoms. The second kappa shape index (κ2) is 6.81. The highest BCUT2D eigenvalue weighted by Gasteiger charge is 2.24. The Hall–Kier alpha value is -1.05. The predicted molar refractivity (Wildman–Crippen MR) is 77.7 cm³/mol. The summed E-state index contributed by atoms with van der Waals surface area (Å²) in [6.07, 6.45) is 0.239. The largest absolute Gasteiger partial charge is 0.310 e. The van der Waals surface area contributed by atoms with E-state index < -0.39 is 16.4 Å². The van der Waals surface area contributed by atoms with Crippen molar-refractivity contribution in [2.75, 3.05) is 19.3 Å². The summed E-state index contributed by atoms with van der Waals surface area (Å²) < 4.78 is 49.5. The Labute approximate surface area is 124 Å². The van der Waals surface area contributed by atoms with Gasteiger partial charge in [0.1, 0.15) is 0 Å². The molecule has 1 N–H and O–H groups in total. The van der Waals surface area contributed by atoms with Crippen molar-refractivity contribution in [2.45, 2.75) is 31.9 Å². The number of nitrogens with one attached hydrogen (secondary N) is 1. The Morgan fingerprint density at radius 1 is 1.33 bits per heavy atom. The van der Waals surface area contributed by atoms with Crippen LogP contribution in [0, 0.1) is 0 Å². The number of rotatable bonds is 5. The van der Waals surface area contributed by atoms with Gasteiger partial charge >= 0.3 is 0 Å². The van der Waals surface area contributed by atoms with Crippen LogP contribution in [-0.2, 0) is 16.6 Å². The highest BCUT2D eigenvalue weighted by molar-refractivity contribution is 7.88. The summed E-state index contributed by atoms with van der Waals surface area (Å²) in [6, 6.07) is 6.58. The molecule has 1 aliphatic heterocycles. The van der Waals surface area contributed by atoms with Crippen LogP contribution in [0.3, 0.4) is 0 Å². The number of halogens is 2. The third kappa shape index (κ3) is 4.72. The molecule has 0 spiro atoms. The van der Waals surface area contributed by atoms with Gasteiger partial charge in [0.2, 0.25) is 10.0 Å². The van der Waals surface area contributed by atoms with E-state index in [9.17, 15) is 17.2 Å². The van der Waals surface area contributed by atoms with Gasteiger partial charge in [-0.15, -0.1) is 0 Å². The van der Waals surface area contributed by atoms with Crippen LogP contribution in [0.4, 0.5) is 8.78 Å².